The van der Waals surface area contributed by atoms with E-state index in [2.05, 4.69) is 5.32 Å². The Morgan fingerprint density at radius 2 is 1.86 bits per heavy atom. The number of hydrogen-bond acceptors (Lipinski definition) is 3. The van der Waals surface area contributed by atoms with E-state index < -0.39 is 11.5 Å². The van der Waals surface area contributed by atoms with Gasteiger partial charge in [-0.25, -0.2) is 0 Å². The van der Waals surface area contributed by atoms with Gasteiger partial charge < -0.3 is 16.2 Å². The first-order valence-electron chi connectivity index (χ1n) is 7.34. The molecule has 0 radical (unpaired) electrons. The minimum Gasteiger partial charge on any atom is -0.481 e. The highest BCUT2D eigenvalue weighted by Gasteiger charge is 2.37. The summed E-state index contributed by atoms with van der Waals surface area (Å²) in [5.41, 5.74) is 6.36. The van der Waals surface area contributed by atoms with Crippen LogP contribution in [0.1, 0.15) is 50.1 Å². The second-order valence-electron chi connectivity index (χ2n) is 5.83. The molecule has 1 aromatic carbocycles. The van der Waals surface area contributed by atoms with Crippen molar-refractivity contribution < 1.29 is 14.7 Å². The summed E-state index contributed by atoms with van der Waals surface area (Å²) in [5.74, 6) is -1.04. The maximum Gasteiger partial charge on any atom is 0.305 e. The molecule has 1 atom stereocenters. The van der Waals surface area contributed by atoms with Crippen molar-refractivity contribution in [2.75, 3.05) is 0 Å². The van der Waals surface area contributed by atoms with Gasteiger partial charge in [-0.3, -0.25) is 9.59 Å². The van der Waals surface area contributed by atoms with Gasteiger partial charge in [-0.1, -0.05) is 43.2 Å². The molecule has 0 saturated heterocycles. The van der Waals surface area contributed by atoms with Crippen molar-refractivity contribution in [2.24, 2.45) is 5.73 Å². The van der Waals surface area contributed by atoms with E-state index in [1.54, 1.807) is 0 Å². The predicted octanol–water partition coefficient (Wildman–Crippen LogP) is 1.98. The largest absolute Gasteiger partial charge is 0.481 e. The molecule has 1 aromatic rings. The number of carboxylic acids is 1. The molecular formula is C16H22N2O3. The molecule has 2 rings (SSSR count). The van der Waals surface area contributed by atoms with Crippen LogP contribution in [0.25, 0.3) is 0 Å². The van der Waals surface area contributed by atoms with Gasteiger partial charge in [-0.05, 0) is 18.4 Å². The highest BCUT2D eigenvalue weighted by molar-refractivity contribution is 5.79. The molecule has 0 spiro atoms. The highest BCUT2D eigenvalue weighted by atomic mass is 16.4. The van der Waals surface area contributed by atoms with Gasteiger partial charge in [0.25, 0.3) is 0 Å². The molecule has 114 valence electrons. The standard InChI is InChI=1S/C16H22N2O3/c17-13(12-6-2-1-3-7-12)10-14(19)18-16(11-15(20)21)8-4-5-9-16/h1-3,6-7,13H,4-5,8-11,17H2,(H,18,19)(H,20,21). The van der Waals surface area contributed by atoms with Gasteiger partial charge in [-0.15, -0.1) is 0 Å². The summed E-state index contributed by atoms with van der Waals surface area (Å²) in [7, 11) is 0. The van der Waals surface area contributed by atoms with Gasteiger partial charge in [-0.2, -0.15) is 0 Å². The number of nitrogens with one attached hydrogen (secondary N) is 1. The van der Waals surface area contributed by atoms with Crippen molar-refractivity contribution >= 4 is 11.9 Å². The second-order valence-corrected chi connectivity index (χ2v) is 5.83. The van der Waals surface area contributed by atoms with Gasteiger partial charge >= 0.3 is 5.97 Å². The van der Waals surface area contributed by atoms with E-state index in [9.17, 15) is 9.59 Å². The molecule has 1 aliphatic rings. The van der Waals surface area contributed by atoms with Crippen molar-refractivity contribution in [1.29, 1.82) is 0 Å². The van der Waals surface area contributed by atoms with E-state index in [0.717, 1.165) is 31.2 Å². The Labute approximate surface area is 124 Å². The van der Waals surface area contributed by atoms with Crippen LogP contribution in [0.5, 0.6) is 0 Å². The maximum atomic E-state index is 12.2. The van der Waals surface area contributed by atoms with Crippen LogP contribution >= 0.6 is 0 Å². The lowest BCUT2D eigenvalue weighted by Crippen LogP contribution is -2.48. The topological polar surface area (TPSA) is 92.4 Å². The van der Waals surface area contributed by atoms with Gasteiger partial charge in [0.05, 0.1) is 12.0 Å². The van der Waals surface area contributed by atoms with Crippen LogP contribution in [0.15, 0.2) is 30.3 Å². The molecule has 0 bridgehead atoms. The Kier molecular flexibility index (Phi) is 4.96. The number of carbonyl (C=O) groups excluding carboxylic acids is 1. The third kappa shape index (κ3) is 4.29. The van der Waals surface area contributed by atoms with Crippen LogP contribution in [-0.2, 0) is 9.59 Å². The van der Waals surface area contributed by atoms with Crippen molar-refractivity contribution in [2.45, 2.75) is 50.1 Å². The summed E-state index contributed by atoms with van der Waals surface area (Å²) >= 11 is 0. The molecule has 1 amide bonds. The smallest absolute Gasteiger partial charge is 0.305 e. The van der Waals surface area contributed by atoms with Crippen LogP contribution in [0, 0.1) is 0 Å². The number of amides is 1. The zero-order chi connectivity index (χ0) is 15.3. The lowest BCUT2D eigenvalue weighted by Gasteiger charge is -2.29. The first-order chi connectivity index (χ1) is 10.0. The quantitative estimate of drug-likeness (QED) is 0.747. The SMILES string of the molecule is NC(CC(=O)NC1(CC(=O)O)CCCC1)c1ccccc1. The van der Waals surface area contributed by atoms with Crippen LogP contribution in [-0.4, -0.2) is 22.5 Å². The number of hydrogen-bond donors (Lipinski definition) is 3. The molecule has 5 heteroatoms. The monoisotopic (exact) mass is 290 g/mol. The molecule has 0 aromatic heterocycles. The molecule has 21 heavy (non-hydrogen) atoms. The molecule has 1 fully saturated rings. The average Bonchev–Trinajstić information content (AvgIpc) is 2.86. The minimum absolute atomic E-state index is 0.0146. The Morgan fingerprint density at radius 3 is 2.43 bits per heavy atom. The Hall–Kier alpha value is -1.88. The number of benzene rings is 1. The molecule has 1 saturated carbocycles. The van der Waals surface area contributed by atoms with Crippen molar-refractivity contribution in [3.63, 3.8) is 0 Å². The van der Waals surface area contributed by atoms with Crippen LogP contribution in [0.4, 0.5) is 0 Å². The number of carboxylic acid groups (broad SMARTS) is 1. The number of nitrogens with two attached hydrogens (primary N) is 1. The van der Waals surface area contributed by atoms with Crippen molar-refractivity contribution in [3.05, 3.63) is 35.9 Å². The third-order valence-corrected chi connectivity index (χ3v) is 4.09. The lowest BCUT2D eigenvalue weighted by molar-refractivity contribution is -0.139. The van der Waals surface area contributed by atoms with Crippen LogP contribution in [0.3, 0.4) is 0 Å². The Balaban J connectivity index is 1.95. The normalized spacial score (nSPS) is 18.1. The molecule has 5 nitrogen and oxygen atoms in total. The van der Waals surface area contributed by atoms with Crippen LogP contribution < -0.4 is 11.1 Å². The van der Waals surface area contributed by atoms with E-state index in [1.165, 1.54) is 0 Å². The maximum absolute atomic E-state index is 12.2. The minimum atomic E-state index is -0.871. The van der Waals surface area contributed by atoms with Gasteiger partial charge in [0.2, 0.25) is 5.91 Å². The first-order valence-corrected chi connectivity index (χ1v) is 7.34. The van der Waals surface area contributed by atoms with Gasteiger partial charge in [0, 0.05) is 12.5 Å². The second kappa shape index (κ2) is 6.72. The van der Waals surface area contributed by atoms with Crippen molar-refractivity contribution in [3.8, 4) is 0 Å². The Bertz CT molecular complexity index is 496. The fourth-order valence-corrected chi connectivity index (χ4v) is 3.05. The van der Waals surface area contributed by atoms with E-state index in [1.807, 2.05) is 30.3 Å². The highest BCUT2D eigenvalue weighted by Crippen LogP contribution is 2.33. The van der Waals surface area contributed by atoms with E-state index >= 15 is 0 Å². The average molecular weight is 290 g/mol. The molecule has 4 N–H and O–H groups in total. The number of rotatable bonds is 6. The fraction of sp³-hybridized carbons (Fsp3) is 0.500. The summed E-state index contributed by atoms with van der Waals surface area (Å²) in [6.45, 7) is 0. The summed E-state index contributed by atoms with van der Waals surface area (Å²) in [6, 6.07) is 9.08. The lowest BCUT2D eigenvalue weighted by atomic mass is 9.92. The van der Waals surface area contributed by atoms with Crippen molar-refractivity contribution in [1.82, 2.24) is 5.32 Å². The Morgan fingerprint density at radius 1 is 1.24 bits per heavy atom. The number of carbonyl (C=O) groups is 2. The van der Waals surface area contributed by atoms with E-state index in [-0.39, 0.29) is 24.8 Å². The zero-order valence-corrected chi connectivity index (χ0v) is 12.0. The molecule has 1 unspecified atom stereocenters. The van der Waals surface area contributed by atoms with E-state index in [0.29, 0.717) is 0 Å². The molecular weight excluding hydrogens is 268 g/mol. The molecule has 1 aliphatic carbocycles. The third-order valence-electron chi connectivity index (χ3n) is 4.09. The van der Waals surface area contributed by atoms with Gasteiger partial charge in [0.15, 0.2) is 0 Å². The number of aliphatic carboxylic acids is 1. The van der Waals surface area contributed by atoms with E-state index in [4.69, 9.17) is 10.8 Å². The summed E-state index contributed by atoms with van der Waals surface area (Å²) in [5, 5.41) is 12.0. The summed E-state index contributed by atoms with van der Waals surface area (Å²) < 4.78 is 0. The summed E-state index contributed by atoms with van der Waals surface area (Å²) in [4.78, 5) is 23.2. The van der Waals surface area contributed by atoms with Gasteiger partial charge in [0.1, 0.15) is 0 Å². The molecule has 0 aliphatic heterocycles. The fourth-order valence-electron chi connectivity index (χ4n) is 3.05. The first kappa shape index (κ1) is 15.5. The molecule has 0 heterocycles. The van der Waals surface area contributed by atoms with Crippen LogP contribution in [0.2, 0.25) is 0 Å². The summed E-state index contributed by atoms with van der Waals surface area (Å²) in [6.07, 6.45) is 3.53. The predicted molar refractivity (Wildman–Crippen MR) is 79.6 cm³/mol. The zero-order valence-electron chi connectivity index (χ0n) is 12.0.